The van der Waals surface area contributed by atoms with Gasteiger partial charge in [-0.2, -0.15) is 20.5 Å². The Hall–Kier alpha value is -7.32. The third-order valence-electron chi connectivity index (χ3n) is 21.8. The maximum Gasteiger partial charge on any atom is 0.246 e. The van der Waals surface area contributed by atoms with Gasteiger partial charge in [-0.1, -0.05) is 48.6 Å². The molecule has 5 saturated heterocycles. The Morgan fingerprint density at radius 1 is 0.544 bits per heavy atom. The average molecular weight is 1220 g/mol. The van der Waals surface area contributed by atoms with Gasteiger partial charge in [-0.3, -0.25) is 14.5 Å². The number of aromatic nitrogens is 4. The SMILES string of the molecule is CN(C)C1CCN(c2nc3c(c(N4CCN(C(=O)/C=C/C(C/C=C/C(=O)N5CCN(c6nc(N7CC[C@@H](N(C)C)C7)nc7c6CC[C@@H](N6CCCc8ccccc86)C7)C[C@@H]5CC#N)N5CCCC5)[C@@H](CC#N)C4)n2)CC[C@H](N2CCCc4ccccc42)C3)CC1. The first-order valence-electron chi connectivity index (χ1n) is 34.2. The molecule has 7 aliphatic heterocycles. The van der Waals surface area contributed by atoms with Gasteiger partial charge in [0.1, 0.15) is 11.6 Å². The molecule has 2 amide bonds. The summed E-state index contributed by atoms with van der Waals surface area (Å²) in [5.41, 5.74) is 10.3. The molecule has 0 bridgehead atoms. The molecule has 9 heterocycles. The molecule has 0 radical (unpaired) electrons. The summed E-state index contributed by atoms with van der Waals surface area (Å²) in [6.07, 6.45) is 23.9. The van der Waals surface area contributed by atoms with Crippen molar-refractivity contribution in [1.29, 1.82) is 10.5 Å². The Bertz CT molecular complexity index is 3360. The van der Waals surface area contributed by atoms with E-state index in [0.717, 1.165) is 184 Å². The number of para-hydroxylation sites is 2. The number of nitrogens with zero attached hydrogens (tertiary/aromatic N) is 17. The highest BCUT2D eigenvalue weighted by atomic mass is 16.2. The zero-order chi connectivity index (χ0) is 61.8. The van der Waals surface area contributed by atoms with Gasteiger partial charge in [0.15, 0.2) is 0 Å². The quantitative estimate of drug-likeness (QED) is 0.104. The van der Waals surface area contributed by atoms with Crippen molar-refractivity contribution in [2.24, 2.45) is 0 Å². The molecule has 5 fully saturated rings. The monoisotopic (exact) mass is 1220 g/mol. The number of anilines is 6. The fraction of sp³-hybridized carbons (Fsp3) is 0.606. The fourth-order valence-corrected chi connectivity index (χ4v) is 16.6. The maximum absolute atomic E-state index is 14.6. The summed E-state index contributed by atoms with van der Waals surface area (Å²) in [6, 6.07) is 23.7. The van der Waals surface area contributed by atoms with E-state index in [2.05, 4.69) is 133 Å². The summed E-state index contributed by atoms with van der Waals surface area (Å²) in [7, 11) is 8.66. The van der Waals surface area contributed by atoms with Crippen LogP contribution in [0.5, 0.6) is 0 Å². The normalized spacial score (nSPS) is 24.6. The number of piperidine rings is 1. The Morgan fingerprint density at radius 3 is 1.57 bits per heavy atom. The van der Waals surface area contributed by atoms with Crippen LogP contribution in [0.4, 0.5) is 34.9 Å². The van der Waals surface area contributed by atoms with Gasteiger partial charge < -0.3 is 49.0 Å². The topological polar surface area (TPSA) is 169 Å². The van der Waals surface area contributed by atoms with Crippen LogP contribution < -0.4 is 29.4 Å². The number of fused-ring (bicyclic) bond motifs is 4. The third-order valence-corrected chi connectivity index (χ3v) is 21.8. The van der Waals surface area contributed by atoms with Crippen molar-refractivity contribution in [2.75, 3.05) is 149 Å². The molecule has 2 aromatic carbocycles. The van der Waals surface area contributed by atoms with E-state index in [1.165, 1.54) is 33.6 Å². The minimum Gasteiger partial charge on any atom is -0.368 e. The number of hydrogen-bond acceptors (Lipinski definition) is 17. The van der Waals surface area contributed by atoms with Crippen molar-refractivity contribution in [1.82, 2.24) is 44.4 Å². The van der Waals surface area contributed by atoms with Crippen molar-refractivity contribution in [3.63, 3.8) is 0 Å². The van der Waals surface area contributed by atoms with Crippen molar-refractivity contribution in [3.05, 3.63) is 106 Å². The molecule has 13 rings (SSSR count). The predicted molar refractivity (Wildman–Crippen MR) is 357 cm³/mol. The van der Waals surface area contributed by atoms with Crippen LogP contribution in [0.1, 0.15) is 111 Å². The summed E-state index contributed by atoms with van der Waals surface area (Å²) in [5.74, 6) is 3.38. The van der Waals surface area contributed by atoms with Gasteiger partial charge in [0, 0.05) is 150 Å². The van der Waals surface area contributed by atoms with Crippen LogP contribution in [0.3, 0.4) is 0 Å². The number of likely N-dealkylation sites (N-methyl/N-ethyl adjacent to an activating group) is 1. The second-order valence-corrected chi connectivity index (χ2v) is 27.5. The molecular weight excluding hydrogens is 1120 g/mol. The van der Waals surface area contributed by atoms with Gasteiger partial charge in [0.05, 0.1) is 48.5 Å². The van der Waals surface area contributed by atoms with Crippen LogP contribution in [0.2, 0.25) is 0 Å². The lowest BCUT2D eigenvalue weighted by atomic mass is 9.88. The van der Waals surface area contributed by atoms with Gasteiger partial charge in [-0.15, -0.1) is 0 Å². The first-order valence-corrected chi connectivity index (χ1v) is 34.2. The molecule has 0 N–H and O–H groups in total. The molecule has 1 unspecified atom stereocenters. The van der Waals surface area contributed by atoms with Crippen LogP contribution in [-0.2, 0) is 48.1 Å². The van der Waals surface area contributed by atoms with E-state index in [0.29, 0.717) is 69.9 Å². The lowest BCUT2D eigenvalue weighted by Gasteiger charge is -2.43. The number of benzene rings is 2. The van der Waals surface area contributed by atoms with E-state index in [-0.39, 0.29) is 42.8 Å². The van der Waals surface area contributed by atoms with E-state index in [4.69, 9.17) is 19.9 Å². The van der Waals surface area contributed by atoms with E-state index < -0.39 is 0 Å². The standard InChI is InChI=1S/C71H95N17O2/c1-78(2)53-30-39-81(40-31-53)70-74-62-46-55(85-37-12-16-51-14-5-7-19-64(51)85)22-25-60(62)68(76-70)82-43-45-88(59(50-82)29-34-73)67(90)27-24-54(80-35-9-10-36-80)18-11-21-66(89)87-44-42-83(49-58(87)28-33-72)69-61-26-23-56(86-38-13-17-52-15-6-8-20-65(52)86)47-63(61)75-71(77-69)84-41-32-57(48-84)79(3)4/h5-8,11,14-15,19-21,24,27,53-59H,9-10,12-13,16-18,22-23,25-26,28-32,35-50H2,1-4H3/b21-11+,27-24+/t54?,55-,56+,57+,58-,59-/m0/s1. The Morgan fingerprint density at radius 2 is 1.04 bits per heavy atom. The number of piperazine rings is 2. The Labute approximate surface area is 534 Å². The molecular formula is C71H95N17O2. The Kier molecular flexibility index (Phi) is 18.9. The zero-order valence-corrected chi connectivity index (χ0v) is 54.0. The first-order chi connectivity index (χ1) is 44.0. The lowest BCUT2D eigenvalue weighted by Crippen LogP contribution is -2.55. The molecule has 2 aromatic heterocycles. The van der Waals surface area contributed by atoms with Crippen LogP contribution in [0.25, 0.3) is 0 Å². The molecule has 0 saturated carbocycles. The molecule has 0 spiro atoms. The van der Waals surface area contributed by atoms with Crippen molar-refractivity contribution in [3.8, 4) is 12.1 Å². The third kappa shape index (κ3) is 13.1. The van der Waals surface area contributed by atoms with Gasteiger partial charge in [-0.25, -0.2) is 9.97 Å². The number of hydrogen-bond donors (Lipinski definition) is 0. The van der Waals surface area contributed by atoms with Crippen molar-refractivity contribution >= 4 is 46.7 Å². The second-order valence-electron chi connectivity index (χ2n) is 27.5. The predicted octanol–water partition coefficient (Wildman–Crippen LogP) is 7.09. The highest BCUT2D eigenvalue weighted by molar-refractivity contribution is 5.89. The molecule has 19 nitrogen and oxygen atoms in total. The first kappa shape index (κ1) is 61.5. The zero-order valence-electron chi connectivity index (χ0n) is 54.0. The summed E-state index contributed by atoms with van der Waals surface area (Å²) in [4.78, 5) is 76.3. The van der Waals surface area contributed by atoms with Crippen LogP contribution in [0.15, 0.2) is 72.8 Å². The summed E-state index contributed by atoms with van der Waals surface area (Å²) < 4.78 is 0. The number of carbonyl (C=O) groups is 2. The molecule has 90 heavy (non-hydrogen) atoms. The highest BCUT2D eigenvalue weighted by Crippen LogP contribution is 2.40. The van der Waals surface area contributed by atoms with Gasteiger partial charge >= 0.3 is 0 Å². The number of likely N-dealkylation sites (tertiary alicyclic amines) is 1. The van der Waals surface area contributed by atoms with Crippen LogP contribution >= 0.6 is 0 Å². The molecule has 9 aliphatic rings. The number of rotatable bonds is 16. The Balaban J connectivity index is 0.683. The van der Waals surface area contributed by atoms with Gasteiger partial charge in [0.25, 0.3) is 0 Å². The number of amides is 2. The number of nitriles is 2. The number of carbonyl (C=O) groups excluding carboxylic acids is 2. The molecule has 6 atom stereocenters. The molecule has 476 valence electrons. The lowest BCUT2D eigenvalue weighted by molar-refractivity contribution is -0.129. The van der Waals surface area contributed by atoms with Crippen molar-refractivity contribution in [2.45, 2.75) is 158 Å². The van der Waals surface area contributed by atoms with E-state index in [1.54, 1.807) is 12.2 Å². The highest BCUT2D eigenvalue weighted by Gasteiger charge is 2.40. The van der Waals surface area contributed by atoms with Crippen LogP contribution in [0, 0.1) is 22.7 Å². The number of aryl methyl sites for hydroxylation is 2. The molecule has 4 aromatic rings. The molecule has 2 aliphatic carbocycles. The average Bonchev–Trinajstić information content (AvgIpc) is 0.909. The summed E-state index contributed by atoms with van der Waals surface area (Å²) >= 11 is 0. The second kappa shape index (κ2) is 27.6. The van der Waals surface area contributed by atoms with Crippen LogP contribution in [-0.4, -0.2) is 218 Å². The van der Waals surface area contributed by atoms with Gasteiger partial charge in [-0.05, 0) is 161 Å². The summed E-state index contributed by atoms with van der Waals surface area (Å²) in [6.45, 7) is 10.8. The van der Waals surface area contributed by atoms with E-state index in [9.17, 15) is 20.1 Å². The van der Waals surface area contributed by atoms with E-state index >= 15 is 0 Å². The minimum atomic E-state index is -0.310. The molecule has 19 heteroatoms. The maximum atomic E-state index is 14.6. The van der Waals surface area contributed by atoms with Gasteiger partial charge in [0.2, 0.25) is 23.7 Å². The smallest absolute Gasteiger partial charge is 0.246 e. The van der Waals surface area contributed by atoms with Crippen molar-refractivity contribution < 1.29 is 9.59 Å². The summed E-state index contributed by atoms with van der Waals surface area (Å²) in [5, 5.41) is 20.6. The fourth-order valence-electron chi connectivity index (χ4n) is 16.6. The van der Waals surface area contributed by atoms with E-state index in [1.807, 2.05) is 22.0 Å². The largest absolute Gasteiger partial charge is 0.368 e. The minimum absolute atomic E-state index is 0.0787.